The second-order valence-electron chi connectivity index (χ2n) is 6.98. The van der Waals surface area contributed by atoms with Crippen molar-refractivity contribution in [1.82, 2.24) is 15.1 Å². The molecule has 3 N–H and O–H groups in total. The third-order valence-corrected chi connectivity index (χ3v) is 4.99. The highest BCUT2D eigenvalue weighted by Crippen LogP contribution is 2.27. The molecule has 1 aromatic rings. The topological polar surface area (TPSA) is 71.8 Å². The van der Waals surface area contributed by atoms with E-state index in [1.165, 1.54) is 17.3 Å². The van der Waals surface area contributed by atoms with E-state index >= 15 is 0 Å². The number of nitrogens with one attached hydrogen (secondary N) is 2. The Morgan fingerprint density at radius 2 is 2.04 bits per heavy atom. The SMILES string of the molecule is N=C/C(=C\NCC(O)C(F)(F)F)N1CCN(Cc2ccc3c(c2)OCC3)CC1. The van der Waals surface area contributed by atoms with Gasteiger partial charge in [0.1, 0.15) is 5.75 Å². The fourth-order valence-corrected chi connectivity index (χ4v) is 3.35. The van der Waals surface area contributed by atoms with Crippen LogP contribution in [0.3, 0.4) is 0 Å². The molecule has 1 atom stereocenters. The van der Waals surface area contributed by atoms with Gasteiger partial charge >= 0.3 is 6.18 Å². The lowest BCUT2D eigenvalue weighted by molar-refractivity contribution is -0.201. The number of halogens is 3. The van der Waals surface area contributed by atoms with Gasteiger partial charge in [-0.2, -0.15) is 13.2 Å². The van der Waals surface area contributed by atoms with E-state index in [2.05, 4.69) is 28.4 Å². The number of piperazine rings is 1. The van der Waals surface area contributed by atoms with Gasteiger partial charge in [-0.1, -0.05) is 12.1 Å². The lowest BCUT2D eigenvalue weighted by Gasteiger charge is -2.36. The smallest absolute Gasteiger partial charge is 0.416 e. The van der Waals surface area contributed by atoms with E-state index in [1.54, 1.807) is 0 Å². The second kappa shape index (κ2) is 8.83. The molecule has 154 valence electrons. The highest BCUT2D eigenvalue weighted by molar-refractivity contribution is 5.74. The van der Waals surface area contributed by atoms with Crippen LogP contribution in [0.15, 0.2) is 30.1 Å². The molecule has 1 unspecified atom stereocenters. The molecule has 0 spiro atoms. The zero-order chi connectivity index (χ0) is 20.1. The predicted octanol–water partition coefficient (Wildman–Crippen LogP) is 1.74. The second-order valence-corrected chi connectivity index (χ2v) is 6.98. The molecule has 1 fully saturated rings. The first-order valence-electron chi connectivity index (χ1n) is 9.27. The summed E-state index contributed by atoms with van der Waals surface area (Å²) in [6.07, 6.45) is -3.65. The van der Waals surface area contributed by atoms with Crippen LogP contribution in [0, 0.1) is 5.41 Å². The van der Waals surface area contributed by atoms with Crippen molar-refractivity contribution in [2.75, 3.05) is 39.3 Å². The Kier molecular flexibility index (Phi) is 6.46. The third kappa shape index (κ3) is 5.17. The molecular weight excluding hydrogens is 373 g/mol. The molecule has 28 heavy (non-hydrogen) atoms. The Balaban J connectivity index is 1.48. The summed E-state index contributed by atoms with van der Waals surface area (Å²) in [5, 5.41) is 19.0. The minimum absolute atomic E-state index is 0.500. The van der Waals surface area contributed by atoms with Crippen LogP contribution in [-0.2, 0) is 13.0 Å². The summed E-state index contributed by atoms with van der Waals surface area (Å²) in [4.78, 5) is 4.25. The van der Waals surface area contributed by atoms with Gasteiger partial charge in [-0.3, -0.25) is 4.90 Å². The summed E-state index contributed by atoms with van der Waals surface area (Å²) in [5.74, 6) is 0.970. The first kappa shape index (κ1) is 20.5. The highest BCUT2D eigenvalue weighted by atomic mass is 19.4. The third-order valence-electron chi connectivity index (χ3n) is 4.99. The van der Waals surface area contributed by atoms with Gasteiger partial charge in [0.25, 0.3) is 0 Å². The fourth-order valence-electron chi connectivity index (χ4n) is 3.35. The Morgan fingerprint density at radius 3 is 2.71 bits per heavy atom. The molecule has 2 heterocycles. The molecule has 2 aliphatic rings. The summed E-state index contributed by atoms with van der Waals surface area (Å²) >= 11 is 0. The number of aliphatic hydroxyl groups excluding tert-OH is 1. The van der Waals surface area contributed by atoms with E-state index < -0.39 is 18.8 Å². The predicted molar refractivity (Wildman–Crippen MR) is 99.4 cm³/mol. The van der Waals surface area contributed by atoms with Crippen molar-refractivity contribution in [3.05, 3.63) is 41.2 Å². The summed E-state index contributed by atoms with van der Waals surface area (Å²) in [7, 11) is 0. The van der Waals surface area contributed by atoms with Crippen LogP contribution in [-0.4, -0.2) is 72.7 Å². The largest absolute Gasteiger partial charge is 0.493 e. The van der Waals surface area contributed by atoms with E-state index in [-0.39, 0.29) is 0 Å². The van der Waals surface area contributed by atoms with Crippen LogP contribution in [0.4, 0.5) is 13.2 Å². The van der Waals surface area contributed by atoms with Gasteiger partial charge in [-0.15, -0.1) is 0 Å². The van der Waals surface area contributed by atoms with Crippen molar-refractivity contribution in [2.45, 2.75) is 25.2 Å². The fraction of sp³-hybridized carbons (Fsp3) is 0.526. The molecule has 3 rings (SSSR count). The van der Waals surface area contributed by atoms with Crippen molar-refractivity contribution in [2.24, 2.45) is 0 Å². The Labute approximate surface area is 162 Å². The van der Waals surface area contributed by atoms with Gasteiger partial charge in [0, 0.05) is 58.1 Å². The van der Waals surface area contributed by atoms with Crippen LogP contribution in [0.1, 0.15) is 11.1 Å². The van der Waals surface area contributed by atoms with Gasteiger partial charge in [0.05, 0.1) is 12.3 Å². The Bertz CT molecular complexity index is 716. The van der Waals surface area contributed by atoms with Crippen molar-refractivity contribution in [1.29, 1.82) is 5.41 Å². The van der Waals surface area contributed by atoms with Crippen LogP contribution >= 0.6 is 0 Å². The highest BCUT2D eigenvalue weighted by Gasteiger charge is 2.37. The van der Waals surface area contributed by atoms with Gasteiger partial charge in [-0.25, -0.2) is 0 Å². The molecule has 0 bridgehead atoms. The summed E-state index contributed by atoms with van der Waals surface area (Å²) in [5.41, 5.74) is 2.94. The average molecular weight is 398 g/mol. The molecule has 1 aromatic carbocycles. The molecule has 0 aromatic heterocycles. The number of hydrogen-bond donors (Lipinski definition) is 3. The lowest BCUT2D eigenvalue weighted by atomic mass is 10.1. The maximum absolute atomic E-state index is 12.3. The quantitative estimate of drug-likeness (QED) is 0.611. The molecule has 1 saturated heterocycles. The average Bonchev–Trinajstić information content (AvgIpc) is 3.13. The standard InChI is InChI=1S/C19H25F3N4O2/c20-19(21,22)18(27)12-24-11-16(10-23)26-6-4-25(5-7-26)13-14-1-2-15-3-8-28-17(15)9-14/h1-2,9-11,18,23-24,27H,3-8,12-13H2/b16-11+,23-10?. The molecule has 0 radical (unpaired) electrons. The molecule has 0 aliphatic carbocycles. The zero-order valence-corrected chi connectivity index (χ0v) is 15.5. The number of benzene rings is 1. The molecule has 6 nitrogen and oxygen atoms in total. The van der Waals surface area contributed by atoms with Crippen LogP contribution < -0.4 is 10.1 Å². The minimum atomic E-state index is -4.65. The van der Waals surface area contributed by atoms with Crippen LogP contribution in [0.5, 0.6) is 5.75 Å². The van der Waals surface area contributed by atoms with Gasteiger partial charge in [-0.05, 0) is 17.2 Å². The van der Waals surface area contributed by atoms with Crippen LogP contribution in [0.2, 0.25) is 0 Å². The van der Waals surface area contributed by atoms with Gasteiger partial charge < -0.3 is 25.5 Å². The number of fused-ring (bicyclic) bond motifs is 1. The first-order chi connectivity index (χ1) is 13.4. The number of aliphatic hydroxyl groups is 1. The van der Waals surface area contributed by atoms with Crippen molar-refractivity contribution < 1.29 is 23.0 Å². The van der Waals surface area contributed by atoms with Gasteiger partial charge in [0.15, 0.2) is 6.10 Å². The number of ether oxygens (including phenoxy) is 1. The summed E-state index contributed by atoms with van der Waals surface area (Å²) in [6, 6.07) is 6.33. The molecule has 2 aliphatic heterocycles. The molecule has 0 amide bonds. The minimum Gasteiger partial charge on any atom is -0.493 e. The maximum Gasteiger partial charge on any atom is 0.416 e. The molecular formula is C19H25F3N4O2. The number of alkyl halides is 3. The van der Waals surface area contributed by atoms with Crippen molar-refractivity contribution in [3.8, 4) is 5.75 Å². The van der Waals surface area contributed by atoms with E-state index in [0.29, 0.717) is 18.8 Å². The first-order valence-corrected chi connectivity index (χ1v) is 9.27. The number of allylic oxidation sites excluding steroid dienone is 1. The summed E-state index contributed by atoms with van der Waals surface area (Å²) < 4.78 is 42.6. The number of hydrogen-bond acceptors (Lipinski definition) is 6. The van der Waals surface area contributed by atoms with Gasteiger partial charge in [0.2, 0.25) is 0 Å². The van der Waals surface area contributed by atoms with E-state index in [4.69, 9.17) is 15.3 Å². The number of rotatable bonds is 7. The lowest BCUT2D eigenvalue weighted by Crippen LogP contribution is -2.46. The van der Waals surface area contributed by atoms with E-state index in [1.807, 2.05) is 4.90 Å². The van der Waals surface area contributed by atoms with Crippen LogP contribution in [0.25, 0.3) is 0 Å². The number of nitrogens with zero attached hydrogens (tertiary/aromatic N) is 2. The summed E-state index contributed by atoms with van der Waals surface area (Å²) in [6.45, 7) is 3.83. The van der Waals surface area contributed by atoms with Crippen molar-refractivity contribution >= 4 is 6.21 Å². The molecule has 9 heteroatoms. The zero-order valence-electron chi connectivity index (χ0n) is 15.5. The van der Waals surface area contributed by atoms with E-state index in [0.717, 1.165) is 44.6 Å². The Hall–Kier alpha value is -2.26. The van der Waals surface area contributed by atoms with E-state index in [9.17, 15) is 13.2 Å². The monoisotopic (exact) mass is 398 g/mol. The van der Waals surface area contributed by atoms with Crippen molar-refractivity contribution in [3.63, 3.8) is 0 Å². The maximum atomic E-state index is 12.3. The Morgan fingerprint density at radius 1 is 1.29 bits per heavy atom. The molecule has 0 saturated carbocycles. The normalized spacial score (nSPS) is 19.1.